The van der Waals surface area contributed by atoms with Crippen molar-refractivity contribution in [1.29, 1.82) is 0 Å². The van der Waals surface area contributed by atoms with E-state index in [1.54, 1.807) is 0 Å². The third-order valence-electron chi connectivity index (χ3n) is 2.69. The Balaban J connectivity index is 1.92. The first-order valence-corrected chi connectivity index (χ1v) is 6.19. The van der Waals surface area contributed by atoms with Crippen molar-refractivity contribution in [3.63, 3.8) is 0 Å². The first kappa shape index (κ1) is 11.8. The van der Waals surface area contributed by atoms with Crippen molar-refractivity contribution >= 4 is 0 Å². The molecule has 0 saturated heterocycles. The summed E-state index contributed by atoms with van der Waals surface area (Å²) in [6.07, 6.45) is 5.75. The minimum Gasteiger partial charge on any atom is -0.339 e. The fourth-order valence-electron chi connectivity index (χ4n) is 1.71. The highest BCUT2D eigenvalue weighted by molar-refractivity contribution is 5.53. The second-order valence-electron chi connectivity index (χ2n) is 4.11. The predicted octanol–water partition coefficient (Wildman–Crippen LogP) is 3.66. The van der Waals surface area contributed by atoms with Gasteiger partial charge >= 0.3 is 0 Å². The quantitative estimate of drug-likeness (QED) is 0.709. The highest BCUT2D eigenvalue weighted by Gasteiger charge is 2.07. The van der Waals surface area contributed by atoms with Crippen molar-refractivity contribution in [2.24, 2.45) is 0 Å². The van der Waals surface area contributed by atoms with Crippen LogP contribution >= 0.6 is 0 Å². The van der Waals surface area contributed by atoms with Gasteiger partial charge in [-0.2, -0.15) is 4.98 Å². The van der Waals surface area contributed by atoms with E-state index in [1.807, 2.05) is 24.3 Å². The van der Waals surface area contributed by atoms with Gasteiger partial charge in [0.2, 0.25) is 11.7 Å². The highest BCUT2D eigenvalue weighted by atomic mass is 16.5. The molecule has 0 aliphatic carbocycles. The van der Waals surface area contributed by atoms with Crippen LogP contribution in [0.4, 0.5) is 0 Å². The largest absolute Gasteiger partial charge is 0.339 e. The molecule has 3 nitrogen and oxygen atoms in total. The van der Waals surface area contributed by atoms with Gasteiger partial charge in [-0.25, -0.2) is 0 Å². The predicted molar refractivity (Wildman–Crippen MR) is 66.4 cm³/mol. The topological polar surface area (TPSA) is 38.9 Å². The Kier molecular flexibility index (Phi) is 4.30. The zero-order chi connectivity index (χ0) is 11.9. The molecule has 17 heavy (non-hydrogen) atoms. The van der Waals surface area contributed by atoms with Crippen LogP contribution in [-0.4, -0.2) is 10.1 Å². The van der Waals surface area contributed by atoms with Crippen molar-refractivity contribution in [3.05, 3.63) is 36.2 Å². The van der Waals surface area contributed by atoms with Crippen LogP contribution in [0.2, 0.25) is 0 Å². The lowest BCUT2D eigenvalue weighted by molar-refractivity contribution is 0.374. The summed E-state index contributed by atoms with van der Waals surface area (Å²) in [5, 5.41) is 3.99. The van der Waals surface area contributed by atoms with Crippen molar-refractivity contribution in [2.75, 3.05) is 0 Å². The molecule has 0 spiro atoms. The van der Waals surface area contributed by atoms with Crippen LogP contribution in [0.1, 0.15) is 38.5 Å². The van der Waals surface area contributed by atoms with E-state index in [0.717, 1.165) is 24.3 Å². The van der Waals surface area contributed by atoms with E-state index in [2.05, 4.69) is 23.1 Å². The van der Waals surface area contributed by atoms with Gasteiger partial charge in [-0.15, -0.1) is 0 Å². The van der Waals surface area contributed by atoms with Crippen LogP contribution in [0.15, 0.2) is 28.8 Å². The van der Waals surface area contributed by atoms with Crippen LogP contribution in [-0.2, 0) is 6.42 Å². The number of unbranched alkanes of at least 4 members (excludes halogenated alkanes) is 3. The Hall–Kier alpha value is -1.64. The first-order valence-electron chi connectivity index (χ1n) is 6.19. The number of nitrogens with zero attached hydrogens (tertiary/aromatic N) is 2. The van der Waals surface area contributed by atoms with E-state index in [0.29, 0.717) is 5.82 Å². The summed E-state index contributed by atoms with van der Waals surface area (Å²) in [5.41, 5.74) is 0.979. The molecular formula is C14H17N2O. The number of rotatable bonds is 6. The molecule has 0 fully saturated rings. The average molecular weight is 229 g/mol. The van der Waals surface area contributed by atoms with Crippen LogP contribution in [0.25, 0.3) is 11.4 Å². The fraction of sp³-hybridized carbons (Fsp3) is 0.429. The van der Waals surface area contributed by atoms with E-state index in [1.165, 1.54) is 19.3 Å². The SMILES string of the molecule is CCCCCCc1nc(-c2cc[c]cc2)no1. The number of hydrogen-bond acceptors (Lipinski definition) is 3. The second-order valence-corrected chi connectivity index (χ2v) is 4.11. The third-order valence-corrected chi connectivity index (χ3v) is 2.69. The zero-order valence-electron chi connectivity index (χ0n) is 10.1. The van der Waals surface area contributed by atoms with Crippen LogP contribution in [0.5, 0.6) is 0 Å². The molecule has 0 atom stereocenters. The third kappa shape index (κ3) is 3.41. The van der Waals surface area contributed by atoms with Crippen molar-refractivity contribution < 1.29 is 4.52 Å². The maximum Gasteiger partial charge on any atom is 0.226 e. The molecule has 3 heteroatoms. The van der Waals surface area contributed by atoms with Crippen molar-refractivity contribution in [1.82, 2.24) is 10.1 Å². The first-order chi connectivity index (χ1) is 8.40. The van der Waals surface area contributed by atoms with E-state index in [9.17, 15) is 0 Å². The van der Waals surface area contributed by atoms with E-state index in [-0.39, 0.29) is 0 Å². The maximum atomic E-state index is 5.23. The molecule has 0 unspecified atom stereocenters. The monoisotopic (exact) mass is 229 g/mol. The normalized spacial score (nSPS) is 10.6. The Morgan fingerprint density at radius 3 is 2.76 bits per heavy atom. The molecule has 1 aromatic carbocycles. The lowest BCUT2D eigenvalue weighted by Gasteiger charge is -1.94. The highest BCUT2D eigenvalue weighted by Crippen LogP contribution is 2.15. The Morgan fingerprint density at radius 1 is 1.18 bits per heavy atom. The maximum absolute atomic E-state index is 5.23. The Labute approximate surface area is 102 Å². The van der Waals surface area contributed by atoms with Gasteiger partial charge < -0.3 is 4.52 Å². The average Bonchev–Trinajstić information content (AvgIpc) is 2.85. The molecule has 0 aliphatic rings. The van der Waals surface area contributed by atoms with Crippen LogP contribution in [0, 0.1) is 6.07 Å². The van der Waals surface area contributed by atoms with Gasteiger partial charge in [0.15, 0.2) is 0 Å². The molecule has 2 aromatic rings. The Bertz CT molecular complexity index is 436. The number of aromatic nitrogens is 2. The van der Waals surface area contributed by atoms with Crippen molar-refractivity contribution in [2.45, 2.75) is 39.0 Å². The smallest absolute Gasteiger partial charge is 0.226 e. The molecule has 0 amide bonds. The summed E-state index contributed by atoms with van der Waals surface area (Å²) in [6, 6.07) is 10.6. The van der Waals surface area contributed by atoms with Gasteiger partial charge in [0.25, 0.3) is 0 Å². The van der Waals surface area contributed by atoms with Gasteiger partial charge in [0, 0.05) is 12.0 Å². The summed E-state index contributed by atoms with van der Waals surface area (Å²) in [6.45, 7) is 2.21. The van der Waals surface area contributed by atoms with Gasteiger partial charge in [0.1, 0.15) is 0 Å². The van der Waals surface area contributed by atoms with Crippen LogP contribution < -0.4 is 0 Å². The van der Waals surface area contributed by atoms with E-state index >= 15 is 0 Å². The molecule has 1 heterocycles. The van der Waals surface area contributed by atoms with Crippen molar-refractivity contribution in [3.8, 4) is 11.4 Å². The van der Waals surface area contributed by atoms with Crippen LogP contribution in [0.3, 0.4) is 0 Å². The molecule has 0 N–H and O–H groups in total. The summed E-state index contributed by atoms with van der Waals surface area (Å²) < 4.78 is 5.23. The molecule has 89 valence electrons. The number of benzene rings is 1. The lowest BCUT2D eigenvalue weighted by atomic mass is 10.1. The molecule has 2 rings (SSSR count). The fourth-order valence-corrected chi connectivity index (χ4v) is 1.71. The van der Waals surface area contributed by atoms with Gasteiger partial charge in [-0.1, -0.05) is 55.6 Å². The lowest BCUT2D eigenvalue weighted by Crippen LogP contribution is -1.86. The van der Waals surface area contributed by atoms with Gasteiger partial charge in [-0.05, 0) is 12.5 Å². The number of hydrogen-bond donors (Lipinski definition) is 0. The second kappa shape index (κ2) is 6.18. The summed E-state index contributed by atoms with van der Waals surface area (Å²) in [7, 11) is 0. The molecule has 0 bridgehead atoms. The van der Waals surface area contributed by atoms with Gasteiger partial charge in [-0.3, -0.25) is 0 Å². The minimum atomic E-state index is 0.671. The molecule has 0 saturated carbocycles. The zero-order valence-corrected chi connectivity index (χ0v) is 10.1. The molecule has 1 radical (unpaired) electrons. The summed E-state index contributed by atoms with van der Waals surface area (Å²) in [4.78, 5) is 4.39. The number of aryl methyl sites for hydroxylation is 1. The van der Waals surface area contributed by atoms with Gasteiger partial charge in [0.05, 0.1) is 0 Å². The summed E-state index contributed by atoms with van der Waals surface area (Å²) in [5.74, 6) is 1.41. The molecular weight excluding hydrogens is 212 g/mol. The van der Waals surface area contributed by atoms with E-state index in [4.69, 9.17) is 4.52 Å². The standard InChI is InChI=1S/C14H17N2O/c1-2-3-4-8-11-13-15-14(16-17-13)12-9-6-5-7-10-12/h6-7,9-10H,2-4,8,11H2,1H3. The van der Waals surface area contributed by atoms with E-state index < -0.39 is 0 Å². The Morgan fingerprint density at radius 2 is 2.00 bits per heavy atom. The minimum absolute atomic E-state index is 0.671. The summed E-state index contributed by atoms with van der Waals surface area (Å²) >= 11 is 0. The molecule has 0 aliphatic heterocycles. The molecule has 1 aromatic heterocycles.